The highest BCUT2D eigenvalue weighted by Gasteiger charge is 2.21. The molecule has 0 bridgehead atoms. The lowest BCUT2D eigenvalue weighted by Crippen LogP contribution is -1.98. The molecule has 0 saturated heterocycles. The quantitative estimate of drug-likeness (QED) is 0.553. The second-order valence-electron chi connectivity index (χ2n) is 5.66. The van der Waals surface area contributed by atoms with Crippen LogP contribution in [0.3, 0.4) is 0 Å². The lowest BCUT2D eigenvalue weighted by molar-refractivity contribution is 0.174. The Morgan fingerprint density at radius 2 is 2.00 bits per heavy atom. The topological polar surface area (TPSA) is 67.0 Å². The molecule has 0 atom stereocenters. The summed E-state index contributed by atoms with van der Waals surface area (Å²) in [6.07, 6.45) is 3.60. The highest BCUT2D eigenvalue weighted by molar-refractivity contribution is 6.33. The number of imidazole rings is 1. The Balaban J connectivity index is 1.73. The number of aryl methyl sites for hydroxylation is 1. The van der Waals surface area contributed by atoms with Crippen molar-refractivity contribution in [2.75, 3.05) is 6.79 Å². The van der Waals surface area contributed by atoms with Crippen molar-refractivity contribution < 1.29 is 9.47 Å². The van der Waals surface area contributed by atoms with E-state index in [0.29, 0.717) is 22.3 Å². The van der Waals surface area contributed by atoms with Crippen LogP contribution in [0.2, 0.25) is 5.02 Å². The first kappa shape index (κ1) is 14.3. The van der Waals surface area contributed by atoms with E-state index in [1.54, 1.807) is 16.9 Å². The van der Waals surface area contributed by atoms with Gasteiger partial charge in [0.15, 0.2) is 11.5 Å². The molecule has 0 saturated carbocycles. The van der Waals surface area contributed by atoms with E-state index in [1.165, 1.54) is 0 Å². The normalized spacial score (nSPS) is 12.9. The number of aromatic nitrogens is 5. The monoisotopic (exact) mass is 353 g/mol. The number of benzene rings is 2. The minimum atomic E-state index is 0.197. The van der Waals surface area contributed by atoms with Crippen molar-refractivity contribution >= 4 is 22.6 Å². The molecule has 2 aromatic carbocycles. The van der Waals surface area contributed by atoms with Gasteiger partial charge in [0, 0.05) is 31.1 Å². The van der Waals surface area contributed by atoms with E-state index in [9.17, 15) is 0 Å². The summed E-state index contributed by atoms with van der Waals surface area (Å²) < 4.78 is 14.5. The number of hydrogen-bond acceptors (Lipinski definition) is 5. The summed E-state index contributed by atoms with van der Waals surface area (Å²) in [5.41, 5.74) is 3.37. The first-order chi connectivity index (χ1) is 12.2. The number of halogens is 1. The Bertz CT molecular complexity index is 1120. The number of ether oxygens (including phenoxy) is 2. The number of rotatable bonds is 2. The van der Waals surface area contributed by atoms with Gasteiger partial charge in [0.2, 0.25) is 6.79 Å². The van der Waals surface area contributed by atoms with Crippen LogP contribution in [0.25, 0.3) is 28.1 Å². The fourth-order valence-corrected chi connectivity index (χ4v) is 3.26. The fraction of sp³-hybridized carbons (Fsp3) is 0.118. The van der Waals surface area contributed by atoms with Crippen molar-refractivity contribution in [1.29, 1.82) is 0 Å². The molecule has 0 radical (unpaired) electrons. The van der Waals surface area contributed by atoms with Gasteiger partial charge in [-0.25, -0.2) is 9.67 Å². The van der Waals surface area contributed by atoms with Crippen LogP contribution in [0.15, 0.2) is 42.7 Å². The van der Waals surface area contributed by atoms with Gasteiger partial charge < -0.3 is 9.47 Å². The maximum Gasteiger partial charge on any atom is 0.231 e. The molecule has 2 aromatic heterocycles. The molecular weight excluding hydrogens is 342 g/mol. The highest BCUT2D eigenvalue weighted by atomic mass is 35.5. The van der Waals surface area contributed by atoms with E-state index in [-0.39, 0.29) is 6.79 Å². The molecule has 124 valence electrons. The highest BCUT2D eigenvalue weighted by Crippen LogP contribution is 2.41. The molecule has 0 unspecified atom stereocenters. The maximum atomic E-state index is 6.46. The second kappa shape index (κ2) is 5.22. The van der Waals surface area contributed by atoms with Gasteiger partial charge in [-0.2, -0.15) is 0 Å². The first-order valence-corrected chi connectivity index (χ1v) is 8.02. The maximum absolute atomic E-state index is 6.46. The van der Waals surface area contributed by atoms with Crippen LogP contribution in [-0.2, 0) is 7.05 Å². The second-order valence-corrected chi connectivity index (χ2v) is 6.07. The van der Waals surface area contributed by atoms with Crippen molar-refractivity contribution in [3.05, 3.63) is 47.7 Å². The summed E-state index contributed by atoms with van der Waals surface area (Å²) in [6, 6.07) is 9.51. The van der Waals surface area contributed by atoms with Gasteiger partial charge >= 0.3 is 0 Å². The van der Waals surface area contributed by atoms with Crippen LogP contribution >= 0.6 is 11.6 Å². The summed E-state index contributed by atoms with van der Waals surface area (Å²) in [4.78, 5) is 4.49. The Labute approximate surface area is 147 Å². The van der Waals surface area contributed by atoms with E-state index in [2.05, 4.69) is 15.3 Å². The molecule has 0 amide bonds. The minimum Gasteiger partial charge on any atom is -0.454 e. The molecule has 0 aliphatic carbocycles. The number of fused-ring (bicyclic) bond motifs is 2. The van der Waals surface area contributed by atoms with Gasteiger partial charge in [0.1, 0.15) is 11.3 Å². The number of hydrogen-bond donors (Lipinski definition) is 0. The molecule has 5 rings (SSSR count). The molecule has 0 spiro atoms. The van der Waals surface area contributed by atoms with Crippen molar-refractivity contribution in [2.24, 2.45) is 7.05 Å². The zero-order chi connectivity index (χ0) is 17.0. The summed E-state index contributed by atoms with van der Waals surface area (Å²) in [5, 5.41) is 8.92. The predicted molar refractivity (Wildman–Crippen MR) is 92.2 cm³/mol. The van der Waals surface area contributed by atoms with Gasteiger partial charge in [-0.1, -0.05) is 22.9 Å². The van der Waals surface area contributed by atoms with Crippen LogP contribution in [0.5, 0.6) is 11.5 Å². The predicted octanol–water partition coefficient (Wildman–Crippen LogP) is 3.20. The molecule has 8 heteroatoms. The molecule has 0 fully saturated rings. The molecule has 4 aromatic rings. The zero-order valence-corrected chi connectivity index (χ0v) is 13.9. The van der Waals surface area contributed by atoms with Gasteiger partial charge in [-0.15, -0.1) is 5.10 Å². The lowest BCUT2D eigenvalue weighted by Gasteiger charge is -2.10. The SMILES string of the molecule is Cn1nnc2c(-n3ccnc3-c3cc4c(cc3Cl)OCO4)cccc21. The molecule has 1 aliphatic heterocycles. The molecular formula is C17H12ClN5O2. The summed E-state index contributed by atoms with van der Waals surface area (Å²) >= 11 is 6.46. The Morgan fingerprint density at radius 3 is 2.88 bits per heavy atom. The van der Waals surface area contributed by atoms with Crippen molar-refractivity contribution in [3.63, 3.8) is 0 Å². The average molecular weight is 354 g/mol. The summed E-state index contributed by atoms with van der Waals surface area (Å²) in [6.45, 7) is 0.197. The van der Waals surface area contributed by atoms with Gasteiger partial charge in [0.05, 0.1) is 16.2 Å². The lowest BCUT2D eigenvalue weighted by atomic mass is 10.1. The molecule has 7 nitrogen and oxygen atoms in total. The van der Waals surface area contributed by atoms with Crippen LogP contribution in [0, 0.1) is 0 Å². The average Bonchev–Trinajstić information content (AvgIpc) is 3.33. The number of nitrogens with zero attached hydrogens (tertiary/aromatic N) is 5. The van der Waals surface area contributed by atoms with E-state index < -0.39 is 0 Å². The third kappa shape index (κ3) is 2.09. The Kier molecular flexibility index (Phi) is 2.98. The van der Waals surface area contributed by atoms with E-state index in [4.69, 9.17) is 21.1 Å². The van der Waals surface area contributed by atoms with Gasteiger partial charge in [0.25, 0.3) is 0 Å². The first-order valence-electron chi connectivity index (χ1n) is 7.64. The van der Waals surface area contributed by atoms with Crippen molar-refractivity contribution in [2.45, 2.75) is 0 Å². The van der Waals surface area contributed by atoms with Crippen LogP contribution in [-0.4, -0.2) is 31.3 Å². The largest absolute Gasteiger partial charge is 0.454 e. The third-order valence-corrected chi connectivity index (χ3v) is 4.54. The minimum absolute atomic E-state index is 0.197. The summed E-state index contributed by atoms with van der Waals surface area (Å²) in [7, 11) is 1.86. The van der Waals surface area contributed by atoms with E-state index in [1.807, 2.05) is 42.1 Å². The fourth-order valence-electron chi connectivity index (χ4n) is 3.02. The van der Waals surface area contributed by atoms with Crippen LogP contribution < -0.4 is 9.47 Å². The molecule has 0 N–H and O–H groups in total. The zero-order valence-electron chi connectivity index (χ0n) is 13.2. The smallest absolute Gasteiger partial charge is 0.231 e. The molecule has 25 heavy (non-hydrogen) atoms. The van der Waals surface area contributed by atoms with Crippen molar-refractivity contribution in [1.82, 2.24) is 24.5 Å². The van der Waals surface area contributed by atoms with Crippen molar-refractivity contribution in [3.8, 4) is 28.6 Å². The van der Waals surface area contributed by atoms with Crippen LogP contribution in [0.4, 0.5) is 0 Å². The van der Waals surface area contributed by atoms with E-state index >= 15 is 0 Å². The third-order valence-electron chi connectivity index (χ3n) is 4.22. The molecule has 1 aliphatic rings. The van der Waals surface area contributed by atoms with E-state index in [0.717, 1.165) is 22.3 Å². The van der Waals surface area contributed by atoms with Crippen LogP contribution in [0.1, 0.15) is 0 Å². The standard InChI is InChI=1S/C17H12ClN5O2/c1-22-12-3-2-4-13(16(12)20-21-22)23-6-5-19-17(23)10-7-14-15(8-11(10)18)25-9-24-14/h2-8H,9H2,1H3. The molecule has 3 heterocycles. The Morgan fingerprint density at radius 1 is 1.16 bits per heavy atom. The van der Waals surface area contributed by atoms with Gasteiger partial charge in [-0.05, 0) is 18.2 Å². The Hall–Kier alpha value is -3.06. The summed E-state index contributed by atoms with van der Waals surface area (Å²) in [5.74, 6) is 2.00. The van der Waals surface area contributed by atoms with Gasteiger partial charge in [-0.3, -0.25) is 4.57 Å².